The molecule has 0 aromatic carbocycles. The fourth-order valence-electron chi connectivity index (χ4n) is 1.53. The molecule has 0 unspecified atom stereocenters. The van der Waals surface area contributed by atoms with Crippen LogP contribution in [0.1, 0.15) is 26.7 Å². The van der Waals surface area contributed by atoms with Gasteiger partial charge in [-0.1, -0.05) is 11.8 Å². The van der Waals surface area contributed by atoms with Crippen LogP contribution in [0.5, 0.6) is 0 Å². The van der Waals surface area contributed by atoms with Crippen molar-refractivity contribution in [3.63, 3.8) is 0 Å². The van der Waals surface area contributed by atoms with E-state index in [2.05, 4.69) is 4.98 Å². The standard InChI is InChI=1S/C13H20N2O4S/c1-10(2)19-8-4-3-6-15-7-5-11(16)14-13(15)20-9-12(17)18/h5,7,10H,3-4,6,8-9H2,1-2H3,(H,17,18). The Balaban J connectivity index is 2.51. The van der Waals surface area contributed by atoms with E-state index in [0.29, 0.717) is 18.3 Å². The first-order chi connectivity index (χ1) is 9.49. The quantitative estimate of drug-likeness (QED) is 0.424. The first-order valence-electron chi connectivity index (χ1n) is 6.52. The summed E-state index contributed by atoms with van der Waals surface area (Å²) in [5.41, 5.74) is -0.350. The van der Waals surface area contributed by atoms with E-state index in [4.69, 9.17) is 9.84 Å². The normalized spacial score (nSPS) is 10.9. The fourth-order valence-corrected chi connectivity index (χ4v) is 2.25. The smallest absolute Gasteiger partial charge is 0.313 e. The number of hydrogen-bond donors (Lipinski definition) is 1. The maximum absolute atomic E-state index is 11.2. The van der Waals surface area contributed by atoms with Crippen LogP contribution in [0.25, 0.3) is 0 Å². The van der Waals surface area contributed by atoms with Crippen molar-refractivity contribution in [1.82, 2.24) is 9.55 Å². The Hall–Kier alpha value is -1.34. The molecule has 6 nitrogen and oxygen atoms in total. The molecule has 1 aromatic heterocycles. The maximum atomic E-state index is 11.2. The van der Waals surface area contributed by atoms with Crippen molar-refractivity contribution in [2.75, 3.05) is 12.4 Å². The van der Waals surface area contributed by atoms with Crippen LogP contribution < -0.4 is 5.56 Å². The number of thioether (sulfide) groups is 1. The van der Waals surface area contributed by atoms with Crippen molar-refractivity contribution in [2.45, 2.75) is 44.5 Å². The van der Waals surface area contributed by atoms with Crippen LogP contribution in [0.15, 0.2) is 22.2 Å². The number of hydrogen-bond acceptors (Lipinski definition) is 5. The van der Waals surface area contributed by atoms with Crippen molar-refractivity contribution < 1.29 is 14.6 Å². The number of carboxylic acids is 1. The second kappa shape index (κ2) is 8.76. The number of ether oxygens (including phenoxy) is 1. The van der Waals surface area contributed by atoms with Crippen LogP contribution in [0.2, 0.25) is 0 Å². The van der Waals surface area contributed by atoms with E-state index in [0.717, 1.165) is 24.6 Å². The van der Waals surface area contributed by atoms with Gasteiger partial charge in [0.15, 0.2) is 5.16 Å². The largest absolute Gasteiger partial charge is 0.481 e. The Bertz CT molecular complexity index is 488. The van der Waals surface area contributed by atoms with Crippen LogP contribution in [0.3, 0.4) is 0 Å². The van der Waals surface area contributed by atoms with Crippen molar-refractivity contribution in [1.29, 1.82) is 0 Å². The van der Waals surface area contributed by atoms with E-state index >= 15 is 0 Å². The SMILES string of the molecule is CC(C)OCCCCn1ccc(=O)nc1SCC(=O)O. The molecule has 0 aliphatic carbocycles. The van der Waals surface area contributed by atoms with Gasteiger partial charge in [-0.15, -0.1) is 0 Å². The fraction of sp³-hybridized carbons (Fsp3) is 0.615. The minimum Gasteiger partial charge on any atom is -0.481 e. The minimum absolute atomic E-state index is 0.104. The number of rotatable bonds is 9. The molecule has 0 radical (unpaired) electrons. The summed E-state index contributed by atoms with van der Waals surface area (Å²) in [4.78, 5) is 25.7. The topological polar surface area (TPSA) is 81.4 Å². The Kier molecular flexibility index (Phi) is 7.32. The first kappa shape index (κ1) is 16.7. The van der Waals surface area contributed by atoms with Gasteiger partial charge in [0.05, 0.1) is 11.9 Å². The zero-order valence-corrected chi connectivity index (χ0v) is 12.6. The van der Waals surface area contributed by atoms with E-state index in [1.807, 2.05) is 18.4 Å². The Morgan fingerprint density at radius 3 is 2.90 bits per heavy atom. The molecule has 0 amide bonds. The van der Waals surface area contributed by atoms with E-state index in [1.54, 1.807) is 6.20 Å². The molecule has 0 aliphatic heterocycles. The summed E-state index contributed by atoms with van der Waals surface area (Å²) < 4.78 is 7.26. The van der Waals surface area contributed by atoms with Crippen LogP contribution in [-0.2, 0) is 16.1 Å². The van der Waals surface area contributed by atoms with Gasteiger partial charge in [-0.25, -0.2) is 0 Å². The summed E-state index contributed by atoms with van der Waals surface area (Å²) in [5, 5.41) is 9.13. The minimum atomic E-state index is -0.926. The lowest BCUT2D eigenvalue weighted by Crippen LogP contribution is -2.15. The number of carboxylic acid groups (broad SMARTS) is 1. The Morgan fingerprint density at radius 2 is 2.25 bits per heavy atom. The molecule has 0 saturated carbocycles. The molecule has 1 rings (SSSR count). The highest BCUT2D eigenvalue weighted by atomic mass is 32.2. The lowest BCUT2D eigenvalue weighted by molar-refractivity contribution is -0.133. The monoisotopic (exact) mass is 300 g/mol. The molecule has 0 saturated heterocycles. The van der Waals surface area contributed by atoms with Crippen molar-refractivity contribution in [3.05, 3.63) is 22.6 Å². The molecule has 112 valence electrons. The van der Waals surface area contributed by atoms with Gasteiger partial charge in [0.25, 0.3) is 5.56 Å². The predicted octanol–water partition coefficient (Wildman–Crippen LogP) is 1.63. The summed E-state index contributed by atoms with van der Waals surface area (Å²) in [6.45, 7) is 5.37. The third-order valence-corrected chi connectivity index (χ3v) is 3.39. The van der Waals surface area contributed by atoms with Gasteiger partial charge in [-0.3, -0.25) is 9.59 Å². The molecule has 7 heteroatoms. The zero-order chi connectivity index (χ0) is 15.0. The molecular weight excluding hydrogens is 280 g/mol. The number of aromatic nitrogens is 2. The van der Waals surface area contributed by atoms with Gasteiger partial charge in [0.2, 0.25) is 0 Å². The molecular formula is C13H20N2O4S. The predicted molar refractivity (Wildman–Crippen MR) is 77.2 cm³/mol. The highest BCUT2D eigenvalue weighted by molar-refractivity contribution is 7.99. The lowest BCUT2D eigenvalue weighted by Gasteiger charge is -2.11. The summed E-state index contributed by atoms with van der Waals surface area (Å²) in [7, 11) is 0. The Labute approximate surface area is 122 Å². The van der Waals surface area contributed by atoms with E-state index in [9.17, 15) is 9.59 Å². The third kappa shape index (κ3) is 6.72. The molecule has 1 aromatic rings. The maximum Gasteiger partial charge on any atom is 0.313 e. The molecule has 20 heavy (non-hydrogen) atoms. The summed E-state index contributed by atoms with van der Waals surface area (Å²) >= 11 is 1.06. The van der Waals surface area contributed by atoms with Crippen LogP contribution in [0, 0.1) is 0 Å². The number of aryl methyl sites for hydroxylation is 1. The average Bonchev–Trinajstić information content (AvgIpc) is 2.37. The summed E-state index contributed by atoms with van der Waals surface area (Å²) in [6.07, 6.45) is 3.68. The second-order valence-electron chi connectivity index (χ2n) is 4.55. The number of nitrogens with zero attached hydrogens (tertiary/aromatic N) is 2. The molecule has 0 atom stereocenters. The summed E-state index contributed by atoms with van der Waals surface area (Å²) in [6, 6.07) is 1.38. The molecule has 0 aliphatic rings. The molecule has 1 heterocycles. The third-order valence-electron chi connectivity index (χ3n) is 2.42. The van der Waals surface area contributed by atoms with Gasteiger partial charge < -0.3 is 14.4 Å². The van der Waals surface area contributed by atoms with E-state index in [1.165, 1.54) is 6.07 Å². The van der Waals surface area contributed by atoms with Crippen molar-refractivity contribution >= 4 is 17.7 Å². The van der Waals surface area contributed by atoms with Crippen molar-refractivity contribution in [2.24, 2.45) is 0 Å². The highest BCUT2D eigenvalue weighted by Crippen LogP contribution is 2.14. The van der Waals surface area contributed by atoms with Gasteiger partial charge in [-0.05, 0) is 26.7 Å². The number of unbranched alkanes of at least 4 members (excludes halogenated alkanes) is 1. The molecule has 0 fully saturated rings. The van der Waals surface area contributed by atoms with Crippen LogP contribution in [0.4, 0.5) is 0 Å². The van der Waals surface area contributed by atoms with Gasteiger partial charge in [0.1, 0.15) is 0 Å². The lowest BCUT2D eigenvalue weighted by atomic mass is 10.3. The van der Waals surface area contributed by atoms with Gasteiger partial charge >= 0.3 is 5.97 Å². The number of aliphatic carboxylic acids is 1. The highest BCUT2D eigenvalue weighted by Gasteiger charge is 2.06. The Morgan fingerprint density at radius 1 is 1.50 bits per heavy atom. The van der Waals surface area contributed by atoms with E-state index < -0.39 is 5.97 Å². The van der Waals surface area contributed by atoms with E-state index in [-0.39, 0.29) is 17.4 Å². The van der Waals surface area contributed by atoms with Crippen LogP contribution >= 0.6 is 11.8 Å². The van der Waals surface area contributed by atoms with Crippen molar-refractivity contribution in [3.8, 4) is 0 Å². The first-order valence-corrected chi connectivity index (χ1v) is 7.51. The summed E-state index contributed by atoms with van der Waals surface area (Å²) in [5.74, 6) is -1.03. The zero-order valence-electron chi connectivity index (χ0n) is 11.7. The molecule has 1 N–H and O–H groups in total. The van der Waals surface area contributed by atoms with Gasteiger partial charge in [0, 0.05) is 25.4 Å². The average molecular weight is 300 g/mol. The van der Waals surface area contributed by atoms with Crippen LogP contribution in [-0.4, -0.2) is 39.1 Å². The van der Waals surface area contributed by atoms with Gasteiger partial charge in [-0.2, -0.15) is 4.98 Å². The molecule has 0 bridgehead atoms. The number of carbonyl (C=O) groups is 1. The second-order valence-corrected chi connectivity index (χ2v) is 5.49. The molecule has 0 spiro atoms.